The molecule has 0 amide bonds. The molecule has 0 radical (unpaired) electrons. The molecule has 2 aliphatic rings. The van der Waals surface area contributed by atoms with Crippen molar-refractivity contribution in [3.05, 3.63) is 68.7 Å². The third-order valence-corrected chi connectivity index (χ3v) is 6.79. The molecule has 0 saturated heterocycles. The van der Waals surface area contributed by atoms with Crippen molar-refractivity contribution in [2.24, 2.45) is 0 Å². The third kappa shape index (κ3) is 3.62. The van der Waals surface area contributed by atoms with Crippen LogP contribution in [0.5, 0.6) is 5.88 Å². The topological polar surface area (TPSA) is 87.3 Å². The van der Waals surface area contributed by atoms with E-state index in [1.807, 2.05) is 25.1 Å². The summed E-state index contributed by atoms with van der Waals surface area (Å²) in [6.07, 6.45) is 3.85. The number of anilines is 1. The summed E-state index contributed by atoms with van der Waals surface area (Å²) in [5.74, 6) is -0.168. The molecule has 3 aromatic rings. The van der Waals surface area contributed by atoms with Crippen LogP contribution in [0, 0.1) is 6.92 Å². The Bertz CT molecular complexity index is 1330. The van der Waals surface area contributed by atoms with Crippen molar-refractivity contribution in [2.75, 3.05) is 12.3 Å². The second kappa shape index (κ2) is 8.34. The fourth-order valence-corrected chi connectivity index (χ4v) is 5.20. The van der Waals surface area contributed by atoms with Crippen LogP contribution in [-0.2, 0) is 22.4 Å². The third-order valence-electron chi connectivity index (χ3n) is 6.48. The Morgan fingerprint density at radius 1 is 1.21 bits per heavy atom. The molecule has 1 aromatic carbocycles. The average molecular weight is 464 g/mol. The second-order valence-electron chi connectivity index (χ2n) is 8.67. The Morgan fingerprint density at radius 3 is 2.79 bits per heavy atom. The maximum atomic E-state index is 13.1. The Morgan fingerprint density at radius 2 is 2.00 bits per heavy atom. The molecule has 6 nitrogen and oxygen atoms in total. The molecule has 33 heavy (non-hydrogen) atoms. The van der Waals surface area contributed by atoms with Crippen LogP contribution in [0.15, 0.2) is 35.6 Å². The van der Waals surface area contributed by atoms with Crippen molar-refractivity contribution in [1.82, 2.24) is 9.97 Å². The van der Waals surface area contributed by atoms with Gasteiger partial charge in [0.2, 0.25) is 5.88 Å². The zero-order valence-corrected chi connectivity index (χ0v) is 19.8. The minimum absolute atomic E-state index is 0.246. The number of ether oxygens (including phenoxy) is 2. The first-order valence-corrected chi connectivity index (χ1v) is 11.7. The molecule has 2 N–H and O–H groups in total. The minimum Gasteiger partial charge on any atom is -0.463 e. The van der Waals surface area contributed by atoms with Crippen molar-refractivity contribution in [1.29, 1.82) is 0 Å². The molecular formula is C26H26ClN3O3. The maximum Gasteiger partial charge on any atom is 0.338 e. The number of fused-ring (bicyclic) bond motifs is 3. The summed E-state index contributed by atoms with van der Waals surface area (Å²) in [4.78, 5) is 22.6. The van der Waals surface area contributed by atoms with Crippen LogP contribution in [0.1, 0.15) is 60.6 Å². The fourth-order valence-electron chi connectivity index (χ4n) is 4.94. The van der Waals surface area contributed by atoms with Crippen LogP contribution in [0.25, 0.3) is 10.9 Å². The van der Waals surface area contributed by atoms with Crippen molar-refractivity contribution < 1.29 is 14.3 Å². The van der Waals surface area contributed by atoms with Crippen LogP contribution < -0.4 is 10.5 Å². The summed E-state index contributed by atoms with van der Waals surface area (Å²) >= 11 is 6.75. The highest BCUT2D eigenvalue weighted by Gasteiger charge is 2.40. The molecule has 0 bridgehead atoms. The number of nitrogen functional groups attached to an aromatic ring is 1. The van der Waals surface area contributed by atoms with Crippen LogP contribution >= 0.6 is 11.6 Å². The number of nitrogens with two attached hydrogens (primary N) is 1. The molecule has 2 aromatic heterocycles. The summed E-state index contributed by atoms with van der Waals surface area (Å²) in [7, 11) is 0. The van der Waals surface area contributed by atoms with Crippen molar-refractivity contribution in [3.8, 4) is 5.88 Å². The number of hydrogen-bond donors (Lipinski definition) is 1. The van der Waals surface area contributed by atoms with Gasteiger partial charge >= 0.3 is 5.97 Å². The smallest absolute Gasteiger partial charge is 0.338 e. The molecule has 0 saturated carbocycles. The molecule has 7 heteroatoms. The Balaban J connectivity index is 1.80. The zero-order chi connectivity index (χ0) is 23.3. The quantitative estimate of drug-likeness (QED) is 0.412. The van der Waals surface area contributed by atoms with E-state index in [2.05, 4.69) is 11.1 Å². The van der Waals surface area contributed by atoms with Gasteiger partial charge in [0.05, 0.1) is 29.2 Å². The Hall–Kier alpha value is -3.12. The summed E-state index contributed by atoms with van der Waals surface area (Å²) in [6, 6.07) is 7.98. The van der Waals surface area contributed by atoms with Gasteiger partial charge in [-0.3, -0.25) is 0 Å². The fraction of sp³-hybridized carbons (Fsp3) is 0.346. The lowest BCUT2D eigenvalue weighted by molar-refractivity contribution is -0.139. The van der Waals surface area contributed by atoms with Gasteiger partial charge in [-0.2, -0.15) is 0 Å². The molecule has 0 spiro atoms. The Kier molecular flexibility index (Phi) is 5.49. The molecule has 1 aliphatic carbocycles. The lowest BCUT2D eigenvalue weighted by Gasteiger charge is -2.32. The molecular weight excluding hydrogens is 438 g/mol. The number of aryl methyl sites for hydroxylation is 2. The van der Waals surface area contributed by atoms with E-state index >= 15 is 0 Å². The summed E-state index contributed by atoms with van der Waals surface area (Å²) in [5.41, 5.74) is 13.0. The Labute approximate surface area is 197 Å². The van der Waals surface area contributed by atoms with E-state index in [0.29, 0.717) is 39.2 Å². The number of aromatic nitrogens is 2. The van der Waals surface area contributed by atoms with E-state index in [-0.39, 0.29) is 6.61 Å². The number of allylic oxidation sites excluding steroid dienone is 1. The second-order valence-corrected chi connectivity index (χ2v) is 9.02. The lowest BCUT2D eigenvalue weighted by Crippen LogP contribution is -2.26. The highest BCUT2D eigenvalue weighted by molar-refractivity contribution is 6.30. The van der Waals surface area contributed by atoms with E-state index in [1.54, 1.807) is 13.8 Å². The van der Waals surface area contributed by atoms with E-state index < -0.39 is 11.9 Å². The number of rotatable bonds is 3. The van der Waals surface area contributed by atoms with E-state index in [4.69, 9.17) is 31.8 Å². The molecule has 5 rings (SSSR count). The number of benzene rings is 1. The van der Waals surface area contributed by atoms with Gasteiger partial charge in [-0.1, -0.05) is 23.2 Å². The summed E-state index contributed by atoms with van der Waals surface area (Å²) < 4.78 is 11.5. The lowest BCUT2D eigenvalue weighted by atomic mass is 9.80. The number of nitrogens with zero attached hydrogens (tertiary/aromatic N) is 2. The van der Waals surface area contributed by atoms with Crippen LogP contribution in [-0.4, -0.2) is 22.5 Å². The highest BCUT2D eigenvalue weighted by atomic mass is 35.5. The molecule has 0 fully saturated rings. The van der Waals surface area contributed by atoms with Crippen LogP contribution in [0.3, 0.4) is 0 Å². The normalized spacial score (nSPS) is 17.4. The number of carbonyl (C=O) groups is 1. The van der Waals surface area contributed by atoms with Gasteiger partial charge in [-0.05, 0) is 70.2 Å². The zero-order valence-electron chi connectivity index (χ0n) is 19.0. The van der Waals surface area contributed by atoms with Gasteiger partial charge in [0.15, 0.2) is 0 Å². The first-order valence-electron chi connectivity index (χ1n) is 11.3. The van der Waals surface area contributed by atoms with Gasteiger partial charge in [-0.25, -0.2) is 14.8 Å². The predicted molar refractivity (Wildman–Crippen MR) is 129 cm³/mol. The average Bonchev–Trinajstić information content (AvgIpc) is 2.78. The molecule has 3 heterocycles. The SMILES string of the molecule is CCOC(=O)C1=C(C)Oc2nc3c(c(N)c2C1c1cc2cc(C)ccc2nc1Cl)CCCC3. The standard InChI is InChI=1S/C26H26ClN3O3/c1-4-32-26(31)20-14(3)33-25-22(23(28)16-7-5-6-8-19(16)30-25)21(20)17-12-15-11-13(2)9-10-18(15)29-24(17)27/h9-12,21H,4-8H2,1-3H3,(H2,28,30). The number of hydrogen-bond acceptors (Lipinski definition) is 6. The summed E-state index contributed by atoms with van der Waals surface area (Å²) in [5, 5.41) is 1.25. The first-order chi connectivity index (χ1) is 15.9. The van der Waals surface area contributed by atoms with Gasteiger partial charge in [-0.15, -0.1) is 0 Å². The largest absolute Gasteiger partial charge is 0.463 e. The van der Waals surface area contributed by atoms with Gasteiger partial charge in [0.1, 0.15) is 10.9 Å². The van der Waals surface area contributed by atoms with Gasteiger partial charge in [0, 0.05) is 22.3 Å². The van der Waals surface area contributed by atoms with Crippen LogP contribution in [0.2, 0.25) is 5.15 Å². The van der Waals surface area contributed by atoms with Crippen molar-refractivity contribution in [2.45, 2.75) is 52.4 Å². The number of esters is 1. The predicted octanol–water partition coefficient (Wildman–Crippen LogP) is 5.41. The van der Waals surface area contributed by atoms with E-state index in [0.717, 1.165) is 53.4 Å². The molecule has 1 aliphatic heterocycles. The van der Waals surface area contributed by atoms with Crippen molar-refractivity contribution >= 4 is 34.2 Å². The highest BCUT2D eigenvalue weighted by Crippen LogP contribution is 2.49. The monoisotopic (exact) mass is 463 g/mol. The van der Waals surface area contributed by atoms with Crippen LogP contribution in [0.4, 0.5) is 5.69 Å². The maximum absolute atomic E-state index is 13.1. The van der Waals surface area contributed by atoms with E-state index in [9.17, 15) is 4.79 Å². The molecule has 1 unspecified atom stereocenters. The number of halogens is 1. The molecule has 1 atom stereocenters. The van der Waals surface area contributed by atoms with Gasteiger partial charge < -0.3 is 15.2 Å². The first kappa shape index (κ1) is 21.7. The number of carbonyl (C=O) groups excluding carboxylic acids is 1. The number of pyridine rings is 2. The summed E-state index contributed by atoms with van der Waals surface area (Å²) in [6.45, 7) is 5.81. The van der Waals surface area contributed by atoms with Gasteiger partial charge in [0.25, 0.3) is 0 Å². The minimum atomic E-state index is -0.586. The van der Waals surface area contributed by atoms with E-state index in [1.165, 1.54) is 0 Å². The molecule has 170 valence electrons. The van der Waals surface area contributed by atoms with Crippen molar-refractivity contribution in [3.63, 3.8) is 0 Å².